The van der Waals surface area contributed by atoms with Gasteiger partial charge in [-0.3, -0.25) is 14.4 Å². The molecule has 0 fully saturated rings. The average Bonchev–Trinajstić information content (AvgIpc) is 2.99. The summed E-state index contributed by atoms with van der Waals surface area (Å²) < 4.78 is 5.33. The third-order valence-electron chi connectivity index (χ3n) is 5.95. The summed E-state index contributed by atoms with van der Waals surface area (Å²) in [4.78, 5) is 36.4. The third kappa shape index (κ3) is 25.9. The number of carbonyl (C=O) groups is 3. The molecule has 0 aliphatic rings. The van der Waals surface area contributed by atoms with Gasteiger partial charge in [0, 0.05) is 49.4 Å². The number of aliphatic hydroxyl groups excluding tert-OH is 1. The van der Waals surface area contributed by atoms with Crippen LogP contribution in [0.3, 0.4) is 0 Å². The topological polar surface area (TPSA) is 131 Å². The number of rotatable bonds is 26. The quantitative estimate of drug-likeness (QED) is 0.0405. The van der Waals surface area contributed by atoms with Crippen LogP contribution in [0.25, 0.3) is 0 Å². The lowest BCUT2D eigenvalue weighted by atomic mass is 9.87. The highest BCUT2D eigenvalue weighted by Crippen LogP contribution is 2.22. The second-order valence-electron chi connectivity index (χ2n) is 10.5. The molecule has 0 aliphatic heterocycles. The van der Waals surface area contributed by atoms with Crippen LogP contribution in [0.15, 0.2) is 60.8 Å². The van der Waals surface area contributed by atoms with Crippen LogP contribution in [0.5, 0.6) is 0 Å². The fraction of sp³-hybridized carbons (Fsp3) is 0.606. The first-order chi connectivity index (χ1) is 20.7. The molecule has 0 saturated heterocycles. The van der Waals surface area contributed by atoms with E-state index in [0.717, 1.165) is 50.0 Å². The summed E-state index contributed by atoms with van der Waals surface area (Å²) in [5.74, 6) is 0.522. The first kappa shape index (κ1) is 40.7. The molecule has 0 rings (SSSR count). The van der Waals surface area contributed by atoms with E-state index in [1.807, 2.05) is 0 Å². The number of hydrogen-bond donors (Lipinski definition) is 4. The van der Waals surface area contributed by atoms with E-state index in [0.29, 0.717) is 19.5 Å². The van der Waals surface area contributed by atoms with Crippen LogP contribution in [-0.2, 0) is 19.1 Å². The first-order valence-corrected chi connectivity index (χ1v) is 17.8. The maximum Gasteiger partial charge on any atom is 0.305 e. The smallest absolute Gasteiger partial charge is 0.305 e. The predicted molar refractivity (Wildman–Crippen MR) is 184 cm³/mol. The Kier molecular flexibility index (Phi) is 27.0. The number of unbranched alkanes of at least 4 members (excludes halogenated alkanes) is 1. The molecule has 0 aliphatic carbocycles. The van der Waals surface area contributed by atoms with Crippen LogP contribution in [0.1, 0.15) is 78.6 Å². The zero-order valence-electron chi connectivity index (χ0n) is 26.4. The molecular weight excluding hydrogens is 583 g/mol. The molecule has 10 heteroatoms. The van der Waals surface area contributed by atoms with Gasteiger partial charge in [-0.05, 0) is 44.9 Å². The van der Waals surface area contributed by atoms with E-state index in [2.05, 4.69) is 78.3 Å². The molecule has 8 nitrogen and oxygen atoms in total. The molecule has 0 aromatic heterocycles. The summed E-state index contributed by atoms with van der Waals surface area (Å²) in [6.07, 6.45) is 26.8. The second kappa shape index (κ2) is 28.5. The van der Waals surface area contributed by atoms with E-state index in [9.17, 15) is 19.5 Å². The largest absolute Gasteiger partial charge is 0.465 e. The van der Waals surface area contributed by atoms with E-state index in [4.69, 9.17) is 10.5 Å². The fourth-order valence-corrected chi connectivity index (χ4v) is 5.15. The van der Waals surface area contributed by atoms with Gasteiger partial charge in [0.25, 0.3) is 0 Å². The molecule has 2 amide bonds. The molecule has 5 N–H and O–H groups in total. The van der Waals surface area contributed by atoms with Crippen LogP contribution in [-0.4, -0.2) is 66.7 Å². The summed E-state index contributed by atoms with van der Waals surface area (Å²) in [5, 5.41) is 15.8. The van der Waals surface area contributed by atoms with Gasteiger partial charge in [0.15, 0.2) is 0 Å². The SMILES string of the molecule is CC/C=C\C/C=C\C/C=C\C/C=C\C/C=C\CCCC(=O)OCC(C)(C)[C@@H](O)C(=O)NCCC(=O)NCCSSCCN. The molecule has 0 bridgehead atoms. The van der Waals surface area contributed by atoms with E-state index in [-0.39, 0.29) is 37.9 Å². The number of amides is 2. The number of hydrogen-bond acceptors (Lipinski definition) is 8. The molecule has 244 valence electrons. The maximum absolute atomic E-state index is 12.4. The van der Waals surface area contributed by atoms with Crippen molar-refractivity contribution in [1.29, 1.82) is 0 Å². The normalized spacial score (nSPS) is 13.1. The van der Waals surface area contributed by atoms with Crippen LogP contribution in [0.4, 0.5) is 0 Å². The molecule has 0 heterocycles. The van der Waals surface area contributed by atoms with Gasteiger partial charge in [0.2, 0.25) is 11.8 Å². The van der Waals surface area contributed by atoms with Gasteiger partial charge in [-0.2, -0.15) is 0 Å². The first-order valence-electron chi connectivity index (χ1n) is 15.3. The highest BCUT2D eigenvalue weighted by molar-refractivity contribution is 8.76. The van der Waals surface area contributed by atoms with Crippen molar-refractivity contribution in [2.45, 2.75) is 84.7 Å². The Balaban J connectivity index is 3.97. The van der Waals surface area contributed by atoms with Crippen molar-refractivity contribution in [3.63, 3.8) is 0 Å². The van der Waals surface area contributed by atoms with Crippen LogP contribution in [0.2, 0.25) is 0 Å². The van der Waals surface area contributed by atoms with Crippen molar-refractivity contribution >= 4 is 39.4 Å². The Morgan fingerprint density at radius 2 is 1.37 bits per heavy atom. The number of nitrogens with one attached hydrogen (secondary N) is 2. The molecule has 1 atom stereocenters. The van der Waals surface area contributed by atoms with E-state index < -0.39 is 17.4 Å². The molecular formula is C33H55N3O5S2. The summed E-state index contributed by atoms with van der Waals surface area (Å²) >= 11 is 0. The summed E-state index contributed by atoms with van der Waals surface area (Å²) in [7, 11) is 3.31. The van der Waals surface area contributed by atoms with Crippen LogP contribution in [0, 0.1) is 5.41 Å². The van der Waals surface area contributed by atoms with E-state index >= 15 is 0 Å². The molecule has 0 radical (unpaired) electrons. The van der Waals surface area contributed by atoms with Crippen molar-refractivity contribution in [3.05, 3.63) is 60.8 Å². The van der Waals surface area contributed by atoms with Gasteiger partial charge in [0.1, 0.15) is 6.10 Å². The Labute approximate surface area is 267 Å². The standard InChI is InChI=1S/C33H55N3O5S2/c1-4-5-6-7-8-9-10-11-12-13-14-15-16-17-18-19-20-21-30(38)41-28-33(2,3)31(39)32(40)36-24-22-29(37)35-25-27-43-42-26-23-34/h5-6,8-9,11-12,14-15,17-18,31,39H,4,7,10,13,16,19-28,34H2,1-3H3,(H,35,37)(H,36,40)/b6-5-,9-8-,12-11-,15-14-,18-17-/t31-/m0/s1. The second-order valence-corrected chi connectivity index (χ2v) is 13.2. The minimum absolute atomic E-state index is 0.0809. The Hall–Kier alpha value is -2.27. The van der Waals surface area contributed by atoms with Gasteiger partial charge < -0.3 is 26.2 Å². The van der Waals surface area contributed by atoms with Gasteiger partial charge in [-0.1, -0.05) is 103 Å². The van der Waals surface area contributed by atoms with Crippen molar-refractivity contribution in [2.75, 3.05) is 37.7 Å². The van der Waals surface area contributed by atoms with Crippen molar-refractivity contribution < 1.29 is 24.2 Å². The Morgan fingerprint density at radius 3 is 1.95 bits per heavy atom. The lowest BCUT2D eigenvalue weighted by Gasteiger charge is -2.29. The zero-order chi connectivity index (χ0) is 32.0. The lowest BCUT2D eigenvalue weighted by molar-refractivity contribution is -0.153. The maximum atomic E-state index is 12.4. The van der Waals surface area contributed by atoms with Gasteiger partial charge in [-0.15, -0.1) is 0 Å². The summed E-state index contributed by atoms with van der Waals surface area (Å²) in [6, 6.07) is 0. The van der Waals surface area contributed by atoms with E-state index in [1.165, 1.54) is 0 Å². The Bertz CT molecular complexity index is 901. The number of esters is 1. The zero-order valence-corrected chi connectivity index (χ0v) is 28.1. The highest BCUT2D eigenvalue weighted by Gasteiger charge is 2.34. The number of aliphatic hydroxyl groups is 1. The minimum atomic E-state index is -1.37. The van der Waals surface area contributed by atoms with Gasteiger partial charge in [0.05, 0.1) is 6.61 Å². The molecule has 0 aromatic rings. The van der Waals surface area contributed by atoms with Crippen LogP contribution < -0.4 is 16.4 Å². The minimum Gasteiger partial charge on any atom is -0.465 e. The Morgan fingerprint density at radius 1 is 0.814 bits per heavy atom. The number of ether oxygens (including phenoxy) is 1. The number of nitrogens with two attached hydrogens (primary N) is 1. The van der Waals surface area contributed by atoms with Gasteiger partial charge >= 0.3 is 5.97 Å². The monoisotopic (exact) mass is 637 g/mol. The number of carbonyl (C=O) groups excluding carboxylic acids is 3. The lowest BCUT2D eigenvalue weighted by Crippen LogP contribution is -2.47. The van der Waals surface area contributed by atoms with Crippen LogP contribution >= 0.6 is 21.6 Å². The van der Waals surface area contributed by atoms with Crippen molar-refractivity contribution in [1.82, 2.24) is 10.6 Å². The molecule has 0 saturated carbocycles. The predicted octanol–water partition coefficient (Wildman–Crippen LogP) is 5.80. The number of allylic oxidation sites excluding steroid dienone is 10. The third-order valence-corrected chi connectivity index (χ3v) is 8.39. The van der Waals surface area contributed by atoms with Crippen molar-refractivity contribution in [3.8, 4) is 0 Å². The molecule has 43 heavy (non-hydrogen) atoms. The average molecular weight is 638 g/mol. The van der Waals surface area contributed by atoms with Crippen molar-refractivity contribution in [2.24, 2.45) is 11.1 Å². The molecule has 0 aromatic carbocycles. The van der Waals surface area contributed by atoms with Gasteiger partial charge in [-0.25, -0.2) is 0 Å². The molecule has 0 spiro atoms. The molecule has 0 unspecified atom stereocenters. The summed E-state index contributed by atoms with van der Waals surface area (Å²) in [5.41, 5.74) is 4.46. The summed E-state index contributed by atoms with van der Waals surface area (Å²) in [6.45, 7) is 6.66. The fourth-order valence-electron chi connectivity index (χ4n) is 3.39. The van der Waals surface area contributed by atoms with E-state index in [1.54, 1.807) is 35.4 Å². The highest BCUT2D eigenvalue weighted by atomic mass is 33.1.